The molecule has 0 spiro atoms. The second-order valence-electron chi connectivity index (χ2n) is 8.26. The van der Waals surface area contributed by atoms with Crippen LogP contribution < -0.4 is 5.69 Å². The van der Waals surface area contributed by atoms with Gasteiger partial charge < -0.3 is 9.72 Å². The van der Waals surface area contributed by atoms with Crippen molar-refractivity contribution in [3.05, 3.63) is 21.5 Å². The van der Waals surface area contributed by atoms with E-state index in [2.05, 4.69) is 19.7 Å². The number of aromatic amines is 1. The van der Waals surface area contributed by atoms with E-state index >= 15 is 0 Å². The van der Waals surface area contributed by atoms with Crippen molar-refractivity contribution < 1.29 is 9.53 Å². The predicted octanol–water partition coefficient (Wildman–Crippen LogP) is 6.74. The Morgan fingerprint density at radius 3 is 1.88 bits per heavy atom. The smallest absolute Gasteiger partial charge is 0.327 e. The van der Waals surface area contributed by atoms with Crippen molar-refractivity contribution >= 4 is 28.7 Å². The van der Waals surface area contributed by atoms with Gasteiger partial charge in [-0.2, -0.15) is 0 Å². The zero-order valence-corrected chi connectivity index (χ0v) is 21.8. The zero-order valence-electron chi connectivity index (χ0n) is 21.1. The Bertz CT molecular complexity index is 863. The fraction of sp³-hybridized carbons (Fsp3) is 0.760. The van der Waals surface area contributed by atoms with Gasteiger partial charge in [-0.05, 0) is 19.8 Å². The maximum atomic E-state index is 12.2. The molecule has 0 fully saturated rings. The van der Waals surface area contributed by atoms with Crippen LogP contribution in [0.1, 0.15) is 110 Å². The lowest BCUT2D eigenvalue weighted by Crippen LogP contribution is -2.17. The number of nitrogens with zero attached hydrogens (tertiary/aromatic N) is 3. The minimum atomic E-state index is -0.166. The van der Waals surface area contributed by atoms with Crippen LogP contribution in [0.2, 0.25) is 5.15 Å². The first-order valence-electron chi connectivity index (χ1n) is 12.7. The topological polar surface area (TPSA) is 89.9 Å². The van der Waals surface area contributed by atoms with E-state index in [4.69, 9.17) is 11.6 Å². The molecule has 2 aromatic rings. The number of imidazole rings is 1. The molecule has 0 bridgehead atoms. The second kappa shape index (κ2) is 17.6. The second-order valence-corrected chi connectivity index (χ2v) is 8.62. The summed E-state index contributed by atoms with van der Waals surface area (Å²) in [6.45, 7) is 6.44. The van der Waals surface area contributed by atoms with Gasteiger partial charge in [0, 0.05) is 13.0 Å². The molecule has 0 saturated heterocycles. The SMILES string of the molecule is CC.COC(=O)CCCCCCCCCCCCCCCn1c(=O)[nH]c2c(Cl)nc(C)nc21. The fourth-order valence-electron chi connectivity index (χ4n) is 3.89. The van der Waals surface area contributed by atoms with Crippen LogP contribution in [0.5, 0.6) is 0 Å². The molecule has 0 aliphatic rings. The van der Waals surface area contributed by atoms with E-state index in [0.29, 0.717) is 35.1 Å². The van der Waals surface area contributed by atoms with Gasteiger partial charge in [-0.1, -0.05) is 96.1 Å². The van der Waals surface area contributed by atoms with E-state index in [1.54, 1.807) is 11.5 Å². The number of hydrogen-bond acceptors (Lipinski definition) is 5. The lowest BCUT2D eigenvalue weighted by molar-refractivity contribution is -0.140. The number of nitrogens with one attached hydrogen (secondary N) is 1. The zero-order chi connectivity index (χ0) is 24.5. The molecule has 7 nitrogen and oxygen atoms in total. The van der Waals surface area contributed by atoms with Gasteiger partial charge in [-0.15, -0.1) is 0 Å². The first-order valence-corrected chi connectivity index (χ1v) is 13.1. The molecular weight excluding hydrogens is 440 g/mol. The number of esters is 1. The Hall–Kier alpha value is -1.89. The van der Waals surface area contributed by atoms with E-state index in [9.17, 15) is 9.59 Å². The van der Waals surface area contributed by atoms with Crippen molar-refractivity contribution in [3.8, 4) is 0 Å². The Morgan fingerprint density at radius 1 is 0.879 bits per heavy atom. The molecule has 0 saturated carbocycles. The van der Waals surface area contributed by atoms with Crippen molar-refractivity contribution in [1.82, 2.24) is 19.5 Å². The van der Waals surface area contributed by atoms with Crippen molar-refractivity contribution in [3.63, 3.8) is 0 Å². The van der Waals surface area contributed by atoms with Crippen LogP contribution in [0, 0.1) is 6.92 Å². The summed E-state index contributed by atoms with van der Waals surface area (Å²) < 4.78 is 6.32. The summed E-state index contributed by atoms with van der Waals surface area (Å²) in [6, 6.07) is 0. The normalized spacial score (nSPS) is 10.8. The molecule has 0 atom stereocenters. The number of aryl methyl sites for hydroxylation is 2. The number of aromatic nitrogens is 4. The van der Waals surface area contributed by atoms with Crippen molar-refractivity contribution in [2.45, 2.75) is 117 Å². The molecule has 2 rings (SSSR count). The summed E-state index contributed by atoms with van der Waals surface area (Å²) in [4.78, 5) is 34.4. The van der Waals surface area contributed by atoms with Crippen molar-refractivity contribution in [1.29, 1.82) is 0 Å². The van der Waals surface area contributed by atoms with Gasteiger partial charge in [-0.25, -0.2) is 14.8 Å². The third kappa shape index (κ3) is 11.2. The Morgan fingerprint density at radius 2 is 1.36 bits per heavy atom. The van der Waals surface area contributed by atoms with Crippen LogP contribution >= 0.6 is 11.6 Å². The van der Waals surface area contributed by atoms with Gasteiger partial charge in [-0.3, -0.25) is 9.36 Å². The summed E-state index contributed by atoms with van der Waals surface area (Å²) in [5.41, 5.74) is 0.963. The van der Waals surface area contributed by atoms with Crippen molar-refractivity contribution in [2.75, 3.05) is 7.11 Å². The fourth-order valence-corrected chi connectivity index (χ4v) is 4.15. The molecule has 2 aromatic heterocycles. The summed E-state index contributed by atoms with van der Waals surface area (Å²) in [7, 11) is 1.45. The first-order chi connectivity index (χ1) is 16.0. The predicted molar refractivity (Wildman–Crippen MR) is 136 cm³/mol. The van der Waals surface area contributed by atoms with Crippen LogP contribution in [-0.4, -0.2) is 32.6 Å². The Balaban J connectivity index is 0.00000265. The number of H-pyrrole nitrogens is 1. The average Bonchev–Trinajstić information content (AvgIpc) is 3.13. The van der Waals surface area contributed by atoms with Crippen molar-refractivity contribution in [2.24, 2.45) is 0 Å². The maximum absolute atomic E-state index is 12.2. The number of carbonyl (C=O) groups is 1. The number of halogens is 1. The van der Waals surface area contributed by atoms with Crippen LogP contribution in [0.25, 0.3) is 11.2 Å². The number of hydrogen-bond donors (Lipinski definition) is 1. The Labute approximate surface area is 203 Å². The molecule has 0 amide bonds. The highest BCUT2D eigenvalue weighted by atomic mass is 35.5. The summed E-state index contributed by atoms with van der Waals surface area (Å²) in [5, 5.41) is 0.303. The lowest BCUT2D eigenvalue weighted by atomic mass is 10.0. The highest BCUT2D eigenvalue weighted by Gasteiger charge is 2.12. The van der Waals surface area contributed by atoms with E-state index in [1.165, 1.54) is 64.9 Å². The molecule has 2 heterocycles. The number of unbranched alkanes of at least 4 members (excludes halogenated alkanes) is 12. The highest BCUT2D eigenvalue weighted by Crippen LogP contribution is 2.18. The molecule has 188 valence electrons. The van der Waals surface area contributed by atoms with Gasteiger partial charge in [0.2, 0.25) is 0 Å². The maximum Gasteiger partial charge on any atom is 0.327 e. The van der Waals surface area contributed by atoms with Crippen LogP contribution in [0.4, 0.5) is 0 Å². The number of fused-ring (bicyclic) bond motifs is 1. The number of ether oxygens (including phenoxy) is 1. The Kier molecular flexibility index (Phi) is 15.5. The molecule has 0 unspecified atom stereocenters. The largest absolute Gasteiger partial charge is 0.469 e. The molecule has 33 heavy (non-hydrogen) atoms. The standard InChI is InChI=1S/C23H37ClN4O3.C2H6/c1-18-25-21(24)20-22(26-18)28(23(30)27-20)17-15-13-11-9-7-5-3-4-6-8-10-12-14-16-19(29)31-2;1-2/h3-17H2,1-2H3,(H,27,30);1-2H3. The molecule has 0 radical (unpaired) electrons. The van der Waals surface area contributed by atoms with Crippen LogP contribution in [-0.2, 0) is 16.1 Å². The number of carbonyl (C=O) groups excluding carboxylic acids is 1. The van der Waals surface area contributed by atoms with Gasteiger partial charge in [0.25, 0.3) is 0 Å². The third-order valence-corrected chi connectivity index (χ3v) is 5.95. The average molecular weight is 483 g/mol. The van der Waals surface area contributed by atoms with E-state index < -0.39 is 0 Å². The van der Waals surface area contributed by atoms with E-state index in [-0.39, 0.29) is 11.7 Å². The highest BCUT2D eigenvalue weighted by molar-refractivity contribution is 6.33. The van der Waals surface area contributed by atoms with E-state index in [0.717, 1.165) is 25.7 Å². The minimum Gasteiger partial charge on any atom is -0.469 e. The van der Waals surface area contributed by atoms with E-state index in [1.807, 2.05) is 13.8 Å². The molecule has 0 aliphatic carbocycles. The first kappa shape index (κ1) is 29.1. The quantitative estimate of drug-likeness (QED) is 0.162. The van der Waals surface area contributed by atoms with Crippen LogP contribution in [0.15, 0.2) is 4.79 Å². The summed E-state index contributed by atoms with van der Waals surface area (Å²) >= 11 is 6.11. The molecule has 0 aromatic carbocycles. The van der Waals surface area contributed by atoms with Gasteiger partial charge in [0.05, 0.1) is 7.11 Å². The number of methoxy groups -OCH3 is 1. The van der Waals surface area contributed by atoms with Gasteiger partial charge in [0.1, 0.15) is 11.3 Å². The molecule has 8 heteroatoms. The minimum absolute atomic E-state index is 0.0959. The summed E-state index contributed by atoms with van der Waals surface area (Å²) in [5.74, 6) is 0.477. The summed E-state index contributed by atoms with van der Waals surface area (Å²) in [6.07, 6.45) is 16.1. The van der Waals surface area contributed by atoms with Gasteiger partial charge >= 0.3 is 11.7 Å². The molecule has 1 N–H and O–H groups in total. The molecule has 0 aliphatic heterocycles. The lowest BCUT2D eigenvalue weighted by Gasteiger charge is -2.05. The molecular formula is C25H43ClN4O3. The van der Waals surface area contributed by atoms with Gasteiger partial charge in [0.15, 0.2) is 10.8 Å². The van der Waals surface area contributed by atoms with Crippen LogP contribution in [0.3, 0.4) is 0 Å². The monoisotopic (exact) mass is 482 g/mol. The third-order valence-electron chi connectivity index (χ3n) is 5.68. The number of rotatable bonds is 16.